The van der Waals surface area contributed by atoms with E-state index in [0.717, 1.165) is 19.3 Å². The molecular weight excluding hydrogens is 270 g/mol. The molecule has 0 radical (unpaired) electrons. The summed E-state index contributed by atoms with van der Waals surface area (Å²) in [6, 6.07) is 2.73. The lowest BCUT2D eigenvalue weighted by Crippen LogP contribution is -2.38. The van der Waals surface area contributed by atoms with Gasteiger partial charge in [0.25, 0.3) is 0 Å². The number of carboxylic acids is 1. The zero-order chi connectivity index (χ0) is 15.3. The molecule has 1 aromatic heterocycles. The first kappa shape index (κ1) is 15.3. The molecule has 0 saturated heterocycles. The van der Waals surface area contributed by atoms with Crippen LogP contribution in [0.2, 0.25) is 0 Å². The van der Waals surface area contributed by atoms with Crippen LogP contribution in [0.5, 0.6) is 0 Å². The third-order valence-electron chi connectivity index (χ3n) is 4.30. The van der Waals surface area contributed by atoms with Crippen LogP contribution in [0.4, 0.5) is 10.5 Å². The maximum atomic E-state index is 12.0. The molecule has 1 heterocycles. The van der Waals surface area contributed by atoms with E-state index in [1.807, 2.05) is 0 Å². The zero-order valence-electron chi connectivity index (χ0n) is 12.2. The number of aromatic nitrogens is 1. The second-order valence-electron chi connectivity index (χ2n) is 5.57. The second-order valence-corrected chi connectivity index (χ2v) is 5.57. The third kappa shape index (κ3) is 3.71. The van der Waals surface area contributed by atoms with E-state index in [1.165, 1.54) is 25.1 Å². The number of nitrogens with zero attached hydrogens (tertiary/aromatic N) is 1. The summed E-state index contributed by atoms with van der Waals surface area (Å²) >= 11 is 0. The number of hydrogen-bond donors (Lipinski definition) is 3. The van der Waals surface area contributed by atoms with Crippen LogP contribution >= 0.6 is 0 Å². The molecule has 0 spiro atoms. The topological polar surface area (TPSA) is 91.3 Å². The summed E-state index contributed by atoms with van der Waals surface area (Å²) in [5.74, 6) is -1.16. The van der Waals surface area contributed by atoms with Crippen LogP contribution in [0.3, 0.4) is 0 Å². The average molecular weight is 291 g/mol. The number of aromatic carboxylic acids is 1. The normalized spacial score (nSPS) is 16.4. The maximum absolute atomic E-state index is 12.0. The van der Waals surface area contributed by atoms with Crippen molar-refractivity contribution in [2.75, 3.05) is 11.9 Å². The van der Waals surface area contributed by atoms with Gasteiger partial charge in [0.1, 0.15) is 0 Å². The Labute approximate surface area is 124 Å². The molecule has 1 aliphatic rings. The Balaban J connectivity index is 1.95. The summed E-state index contributed by atoms with van der Waals surface area (Å²) in [5.41, 5.74) is 0.250. The predicted octanol–water partition coefficient (Wildman–Crippen LogP) is 2.87. The van der Waals surface area contributed by atoms with Gasteiger partial charge in [-0.1, -0.05) is 19.8 Å². The molecule has 0 aromatic carbocycles. The highest BCUT2D eigenvalue weighted by molar-refractivity contribution is 5.98. The van der Waals surface area contributed by atoms with Crippen LogP contribution < -0.4 is 10.6 Å². The molecule has 2 rings (SSSR count). The van der Waals surface area contributed by atoms with Crippen molar-refractivity contribution in [1.29, 1.82) is 0 Å². The maximum Gasteiger partial charge on any atom is 0.356 e. The van der Waals surface area contributed by atoms with Crippen molar-refractivity contribution in [2.45, 2.75) is 39.0 Å². The summed E-state index contributed by atoms with van der Waals surface area (Å²) in [6.45, 7) is 2.77. The number of carbonyl (C=O) groups is 2. The molecule has 0 bridgehead atoms. The van der Waals surface area contributed by atoms with E-state index in [1.54, 1.807) is 6.07 Å². The summed E-state index contributed by atoms with van der Waals surface area (Å²) in [7, 11) is 0. The second kappa shape index (κ2) is 6.56. The van der Waals surface area contributed by atoms with Crippen LogP contribution in [0.25, 0.3) is 0 Å². The van der Waals surface area contributed by atoms with Crippen molar-refractivity contribution in [3.05, 3.63) is 24.0 Å². The van der Waals surface area contributed by atoms with Crippen molar-refractivity contribution in [3.8, 4) is 0 Å². The number of anilines is 1. The number of carbonyl (C=O) groups excluding carboxylic acids is 1. The zero-order valence-corrected chi connectivity index (χ0v) is 12.2. The molecule has 0 unspecified atom stereocenters. The monoisotopic (exact) mass is 291 g/mol. The van der Waals surface area contributed by atoms with Gasteiger partial charge in [0, 0.05) is 12.7 Å². The van der Waals surface area contributed by atoms with Gasteiger partial charge >= 0.3 is 12.0 Å². The molecule has 2 amide bonds. The Morgan fingerprint density at radius 1 is 1.38 bits per heavy atom. The Hall–Kier alpha value is -2.11. The van der Waals surface area contributed by atoms with Gasteiger partial charge in [0.15, 0.2) is 5.69 Å². The minimum atomic E-state index is -1.16. The van der Waals surface area contributed by atoms with Crippen LogP contribution in [-0.2, 0) is 0 Å². The minimum absolute atomic E-state index is 0.154. The van der Waals surface area contributed by atoms with E-state index in [-0.39, 0.29) is 22.8 Å². The molecule has 1 aromatic rings. The fourth-order valence-corrected chi connectivity index (χ4v) is 2.89. The number of urea groups is 1. The molecule has 6 heteroatoms. The number of amides is 2. The molecule has 114 valence electrons. The van der Waals surface area contributed by atoms with Gasteiger partial charge in [-0.2, -0.15) is 0 Å². The van der Waals surface area contributed by atoms with E-state index in [9.17, 15) is 9.59 Å². The number of carboxylic acid groups (broad SMARTS) is 1. The van der Waals surface area contributed by atoms with E-state index in [4.69, 9.17) is 5.11 Å². The fourth-order valence-electron chi connectivity index (χ4n) is 2.89. The lowest BCUT2D eigenvalue weighted by Gasteiger charge is -2.27. The molecule has 21 heavy (non-hydrogen) atoms. The first-order valence-corrected chi connectivity index (χ1v) is 7.29. The largest absolute Gasteiger partial charge is 0.476 e. The lowest BCUT2D eigenvalue weighted by atomic mass is 9.83. The summed E-state index contributed by atoms with van der Waals surface area (Å²) in [5, 5.41) is 14.4. The van der Waals surface area contributed by atoms with Gasteiger partial charge < -0.3 is 15.7 Å². The summed E-state index contributed by atoms with van der Waals surface area (Å²) < 4.78 is 0. The first-order chi connectivity index (χ1) is 10.1. The SMILES string of the molecule is CCC1(CNC(=O)Nc2cccnc2C(=O)O)CCCC1. The minimum Gasteiger partial charge on any atom is -0.476 e. The van der Waals surface area contributed by atoms with E-state index >= 15 is 0 Å². The Morgan fingerprint density at radius 2 is 2.10 bits per heavy atom. The van der Waals surface area contributed by atoms with Crippen LogP contribution in [0.1, 0.15) is 49.5 Å². The van der Waals surface area contributed by atoms with Crippen LogP contribution in [-0.4, -0.2) is 28.6 Å². The third-order valence-corrected chi connectivity index (χ3v) is 4.30. The molecule has 0 aliphatic heterocycles. The molecule has 1 fully saturated rings. The van der Waals surface area contributed by atoms with Gasteiger partial charge in [-0.15, -0.1) is 0 Å². The Bertz CT molecular complexity index is 525. The number of hydrogen-bond acceptors (Lipinski definition) is 3. The Kier molecular flexibility index (Phi) is 4.77. The van der Waals surface area contributed by atoms with Gasteiger partial charge in [-0.25, -0.2) is 14.6 Å². The molecule has 6 nitrogen and oxygen atoms in total. The highest BCUT2D eigenvalue weighted by Crippen LogP contribution is 2.40. The average Bonchev–Trinajstić information content (AvgIpc) is 2.95. The number of pyridine rings is 1. The highest BCUT2D eigenvalue weighted by Gasteiger charge is 2.32. The van der Waals surface area contributed by atoms with E-state index in [0.29, 0.717) is 6.54 Å². The quantitative estimate of drug-likeness (QED) is 0.778. The smallest absolute Gasteiger partial charge is 0.356 e. The number of rotatable bonds is 5. The molecule has 0 atom stereocenters. The van der Waals surface area contributed by atoms with Gasteiger partial charge in [0.05, 0.1) is 5.69 Å². The molecular formula is C15H21N3O3. The van der Waals surface area contributed by atoms with Crippen LogP contribution in [0, 0.1) is 5.41 Å². The van der Waals surface area contributed by atoms with Crippen molar-refractivity contribution in [3.63, 3.8) is 0 Å². The lowest BCUT2D eigenvalue weighted by molar-refractivity contribution is 0.0691. The van der Waals surface area contributed by atoms with Crippen molar-refractivity contribution in [1.82, 2.24) is 10.3 Å². The van der Waals surface area contributed by atoms with E-state index < -0.39 is 5.97 Å². The summed E-state index contributed by atoms with van der Waals surface area (Å²) in [4.78, 5) is 26.7. The van der Waals surface area contributed by atoms with Gasteiger partial charge in [0.2, 0.25) is 0 Å². The molecule has 1 aliphatic carbocycles. The van der Waals surface area contributed by atoms with Crippen molar-refractivity contribution in [2.24, 2.45) is 5.41 Å². The fraction of sp³-hybridized carbons (Fsp3) is 0.533. The first-order valence-electron chi connectivity index (χ1n) is 7.29. The van der Waals surface area contributed by atoms with Gasteiger partial charge in [-0.3, -0.25) is 0 Å². The van der Waals surface area contributed by atoms with Crippen molar-refractivity contribution < 1.29 is 14.7 Å². The van der Waals surface area contributed by atoms with Gasteiger partial charge in [-0.05, 0) is 36.8 Å². The Morgan fingerprint density at radius 3 is 2.71 bits per heavy atom. The van der Waals surface area contributed by atoms with Crippen LogP contribution in [0.15, 0.2) is 18.3 Å². The summed E-state index contributed by atoms with van der Waals surface area (Å²) in [6.07, 6.45) is 7.12. The predicted molar refractivity (Wildman–Crippen MR) is 79.4 cm³/mol. The van der Waals surface area contributed by atoms with Crippen molar-refractivity contribution >= 4 is 17.7 Å². The molecule has 3 N–H and O–H groups in total. The number of nitrogens with one attached hydrogen (secondary N) is 2. The van der Waals surface area contributed by atoms with E-state index in [2.05, 4.69) is 22.5 Å². The highest BCUT2D eigenvalue weighted by atomic mass is 16.4. The molecule has 1 saturated carbocycles. The standard InChI is InChI=1S/C15H21N3O3/c1-2-15(7-3-4-8-15)10-17-14(21)18-11-6-5-9-16-12(11)13(19)20/h5-6,9H,2-4,7-8,10H2,1H3,(H,19,20)(H2,17,18,21).